The van der Waals surface area contributed by atoms with Gasteiger partial charge in [-0.1, -0.05) is 42.5 Å². The van der Waals surface area contributed by atoms with Gasteiger partial charge >= 0.3 is 0 Å². The van der Waals surface area contributed by atoms with Crippen LogP contribution in [0.5, 0.6) is 0 Å². The van der Waals surface area contributed by atoms with Crippen LogP contribution >= 0.6 is 0 Å². The third-order valence-electron chi connectivity index (χ3n) is 5.26. The second-order valence-corrected chi connectivity index (χ2v) is 9.45. The Labute approximate surface area is 191 Å². The fourth-order valence-corrected chi connectivity index (χ4v) is 4.77. The van der Waals surface area contributed by atoms with Crippen LogP contribution in [0.3, 0.4) is 0 Å². The minimum absolute atomic E-state index is 0.0531. The molecule has 0 aliphatic heterocycles. The zero-order valence-corrected chi connectivity index (χ0v) is 18.9. The van der Waals surface area contributed by atoms with E-state index in [1.54, 1.807) is 60.7 Å². The molecular weight excluding hydrogens is 440 g/mol. The fraction of sp³-hybridized carbons (Fsp3) is 0.125. The second-order valence-electron chi connectivity index (χ2n) is 7.48. The van der Waals surface area contributed by atoms with E-state index in [9.17, 15) is 18.0 Å². The zero-order valence-electron chi connectivity index (χ0n) is 18.1. The number of benzene rings is 3. The molecule has 0 saturated heterocycles. The van der Waals surface area contributed by atoms with Crippen molar-refractivity contribution in [2.24, 2.45) is 7.05 Å². The number of aromatic nitrogens is 2. The van der Waals surface area contributed by atoms with Crippen molar-refractivity contribution in [2.45, 2.75) is 11.3 Å². The van der Waals surface area contributed by atoms with Crippen molar-refractivity contribution >= 4 is 38.1 Å². The van der Waals surface area contributed by atoms with E-state index in [-0.39, 0.29) is 22.8 Å². The van der Waals surface area contributed by atoms with Crippen LogP contribution < -0.4 is 15.2 Å². The fourth-order valence-electron chi connectivity index (χ4n) is 3.53. The predicted octanol–water partition coefficient (Wildman–Crippen LogP) is 2.94. The molecule has 1 amide bonds. The molecule has 0 radical (unpaired) electrons. The molecule has 168 valence electrons. The lowest BCUT2D eigenvalue weighted by Crippen LogP contribution is -2.26. The lowest BCUT2D eigenvalue weighted by Gasteiger charge is -2.20. The predicted molar refractivity (Wildman–Crippen MR) is 128 cm³/mol. The summed E-state index contributed by atoms with van der Waals surface area (Å²) < 4.78 is 28.5. The first-order valence-electron chi connectivity index (χ1n) is 10.2. The molecule has 1 N–H and O–H groups in total. The van der Waals surface area contributed by atoms with Crippen LogP contribution in [0.15, 0.2) is 88.6 Å². The molecule has 0 saturated carbocycles. The van der Waals surface area contributed by atoms with Gasteiger partial charge in [-0.15, -0.1) is 0 Å². The van der Waals surface area contributed by atoms with E-state index >= 15 is 0 Å². The van der Waals surface area contributed by atoms with E-state index in [0.29, 0.717) is 27.8 Å². The van der Waals surface area contributed by atoms with Crippen LogP contribution in [0.2, 0.25) is 0 Å². The SMILES string of the molecule is CN(c1ccccc1)S(=O)(=O)c1cccc(NC(=O)Cc2nn(C)c(=O)c3ccccc23)c1. The Hall–Kier alpha value is -3.98. The van der Waals surface area contributed by atoms with Crippen LogP contribution in [0, 0.1) is 0 Å². The molecule has 0 spiro atoms. The quantitative estimate of drug-likeness (QED) is 0.475. The highest BCUT2D eigenvalue weighted by atomic mass is 32.2. The maximum atomic E-state index is 13.0. The van der Waals surface area contributed by atoms with Crippen LogP contribution in [0.25, 0.3) is 10.8 Å². The Bertz CT molecular complexity index is 1500. The topological polar surface area (TPSA) is 101 Å². The largest absolute Gasteiger partial charge is 0.326 e. The number of rotatable bonds is 6. The number of carbonyl (C=O) groups excluding carboxylic acids is 1. The average Bonchev–Trinajstić information content (AvgIpc) is 2.82. The highest BCUT2D eigenvalue weighted by Crippen LogP contribution is 2.24. The van der Waals surface area contributed by atoms with Crippen molar-refractivity contribution in [1.29, 1.82) is 0 Å². The summed E-state index contributed by atoms with van der Waals surface area (Å²) in [5.74, 6) is -0.378. The highest BCUT2D eigenvalue weighted by Gasteiger charge is 2.22. The van der Waals surface area contributed by atoms with Crippen molar-refractivity contribution in [2.75, 3.05) is 16.7 Å². The Morgan fingerprint density at radius 3 is 2.36 bits per heavy atom. The summed E-state index contributed by atoms with van der Waals surface area (Å²) >= 11 is 0. The standard InChI is InChI=1S/C24H22N4O4S/c1-27-24(30)21-14-7-6-13-20(21)22(26-27)16-23(29)25-17-9-8-12-19(15-17)33(31,32)28(2)18-10-4-3-5-11-18/h3-15H,16H2,1-2H3,(H,25,29). The summed E-state index contributed by atoms with van der Waals surface area (Å²) in [4.78, 5) is 25.1. The number of aryl methyl sites for hydroxylation is 1. The average molecular weight is 463 g/mol. The first-order chi connectivity index (χ1) is 15.8. The third kappa shape index (κ3) is 4.49. The summed E-state index contributed by atoms with van der Waals surface area (Å²) in [6, 6.07) is 21.8. The number of hydrogen-bond acceptors (Lipinski definition) is 5. The molecule has 1 heterocycles. The van der Waals surface area contributed by atoms with Gasteiger partial charge in [-0.3, -0.25) is 13.9 Å². The van der Waals surface area contributed by atoms with E-state index in [2.05, 4.69) is 10.4 Å². The van der Waals surface area contributed by atoms with Crippen molar-refractivity contribution in [3.8, 4) is 0 Å². The number of sulfonamides is 1. The molecule has 0 unspecified atom stereocenters. The highest BCUT2D eigenvalue weighted by molar-refractivity contribution is 7.92. The number of nitrogens with zero attached hydrogens (tertiary/aromatic N) is 3. The third-order valence-corrected chi connectivity index (χ3v) is 7.04. The van der Waals surface area contributed by atoms with E-state index in [0.717, 1.165) is 0 Å². The molecule has 0 fully saturated rings. The summed E-state index contributed by atoms with van der Waals surface area (Å²) in [6.07, 6.45) is -0.0739. The number of fused-ring (bicyclic) bond motifs is 1. The summed E-state index contributed by atoms with van der Waals surface area (Å²) in [7, 11) is -0.803. The van der Waals surface area contributed by atoms with Crippen molar-refractivity contribution < 1.29 is 13.2 Å². The summed E-state index contributed by atoms with van der Waals surface area (Å²) in [5, 5.41) is 8.06. The normalized spacial score (nSPS) is 11.3. The molecule has 33 heavy (non-hydrogen) atoms. The zero-order chi connectivity index (χ0) is 23.6. The number of anilines is 2. The molecule has 9 heteroatoms. The van der Waals surface area contributed by atoms with Gasteiger partial charge in [0, 0.05) is 25.2 Å². The van der Waals surface area contributed by atoms with E-state index in [1.807, 2.05) is 6.07 Å². The molecule has 0 atom stereocenters. The van der Waals surface area contributed by atoms with Crippen molar-refractivity contribution in [3.63, 3.8) is 0 Å². The van der Waals surface area contributed by atoms with E-state index < -0.39 is 10.0 Å². The molecule has 0 bridgehead atoms. The van der Waals surface area contributed by atoms with Gasteiger partial charge in [0.15, 0.2) is 0 Å². The Morgan fingerprint density at radius 2 is 1.64 bits per heavy atom. The number of hydrogen-bond donors (Lipinski definition) is 1. The smallest absolute Gasteiger partial charge is 0.274 e. The number of nitrogens with one attached hydrogen (secondary N) is 1. The van der Waals surface area contributed by atoms with Crippen LogP contribution in [-0.2, 0) is 28.3 Å². The first kappa shape index (κ1) is 22.2. The molecule has 0 aliphatic rings. The maximum Gasteiger partial charge on any atom is 0.274 e. The van der Waals surface area contributed by atoms with Gasteiger partial charge in [0.2, 0.25) is 5.91 Å². The molecule has 8 nitrogen and oxygen atoms in total. The monoisotopic (exact) mass is 462 g/mol. The van der Waals surface area contributed by atoms with Crippen LogP contribution in [0.4, 0.5) is 11.4 Å². The molecular formula is C24H22N4O4S. The molecule has 4 aromatic rings. The number of para-hydroxylation sites is 1. The Balaban J connectivity index is 1.57. The summed E-state index contributed by atoms with van der Waals surface area (Å²) in [5.41, 5.74) is 1.09. The molecule has 1 aromatic heterocycles. The van der Waals surface area contributed by atoms with E-state index in [1.165, 1.54) is 35.2 Å². The lowest BCUT2D eigenvalue weighted by molar-refractivity contribution is -0.115. The molecule has 4 rings (SSSR count). The van der Waals surface area contributed by atoms with E-state index in [4.69, 9.17) is 0 Å². The van der Waals surface area contributed by atoms with Crippen molar-refractivity contribution in [3.05, 3.63) is 94.9 Å². The van der Waals surface area contributed by atoms with Crippen LogP contribution in [-0.4, -0.2) is 31.2 Å². The minimum atomic E-state index is -3.82. The maximum absolute atomic E-state index is 13.0. The van der Waals surface area contributed by atoms with Gasteiger partial charge in [-0.05, 0) is 36.4 Å². The van der Waals surface area contributed by atoms with Gasteiger partial charge in [-0.25, -0.2) is 13.1 Å². The van der Waals surface area contributed by atoms with Gasteiger partial charge in [0.25, 0.3) is 15.6 Å². The van der Waals surface area contributed by atoms with Gasteiger partial charge in [-0.2, -0.15) is 5.10 Å². The summed E-state index contributed by atoms with van der Waals surface area (Å²) in [6.45, 7) is 0. The number of amides is 1. The van der Waals surface area contributed by atoms with Crippen LogP contribution in [0.1, 0.15) is 5.69 Å². The van der Waals surface area contributed by atoms with Gasteiger partial charge < -0.3 is 5.32 Å². The molecule has 3 aromatic carbocycles. The Morgan fingerprint density at radius 1 is 0.970 bits per heavy atom. The lowest BCUT2D eigenvalue weighted by atomic mass is 10.1. The number of carbonyl (C=O) groups is 1. The van der Waals surface area contributed by atoms with Gasteiger partial charge in [0.05, 0.1) is 28.1 Å². The van der Waals surface area contributed by atoms with Gasteiger partial charge in [0.1, 0.15) is 0 Å². The first-order valence-corrected chi connectivity index (χ1v) is 11.6. The second kappa shape index (κ2) is 8.87. The Kier molecular flexibility index (Phi) is 5.97. The van der Waals surface area contributed by atoms with Crippen molar-refractivity contribution in [1.82, 2.24) is 9.78 Å². The minimum Gasteiger partial charge on any atom is -0.326 e. The molecule has 0 aliphatic carbocycles.